The van der Waals surface area contributed by atoms with E-state index in [1.165, 1.54) is 0 Å². The average Bonchev–Trinajstić information content (AvgIpc) is 3.10. The van der Waals surface area contributed by atoms with E-state index in [0.717, 1.165) is 2.88 Å². The quantitative estimate of drug-likeness (QED) is 0.692. The largest absolute Gasteiger partial charge is 0.321 e. The summed E-state index contributed by atoms with van der Waals surface area (Å²) in [6.07, 6.45) is 5.12. The Morgan fingerprint density at radius 1 is 1.40 bits per heavy atom. The second-order valence-corrected chi connectivity index (χ2v) is 6.75. The summed E-state index contributed by atoms with van der Waals surface area (Å²) in [5.41, 5.74) is 1.32. The van der Waals surface area contributed by atoms with Crippen molar-refractivity contribution in [1.29, 1.82) is 0 Å². The summed E-state index contributed by atoms with van der Waals surface area (Å²) in [7, 11) is 0. The molecule has 20 heavy (non-hydrogen) atoms. The van der Waals surface area contributed by atoms with Gasteiger partial charge in [-0.1, -0.05) is 0 Å². The number of hydrogen-bond donors (Lipinski definition) is 1. The fraction of sp³-hybridized carbons (Fsp3) is 0. The van der Waals surface area contributed by atoms with E-state index >= 15 is 0 Å². The van der Waals surface area contributed by atoms with Gasteiger partial charge in [0.1, 0.15) is 0 Å². The minimum Gasteiger partial charge on any atom is -0.321 e. The van der Waals surface area contributed by atoms with Crippen LogP contribution in [0.1, 0.15) is 10.4 Å². The van der Waals surface area contributed by atoms with Crippen LogP contribution in [0.25, 0.3) is 5.82 Å². The minimum absolute atomic E-state index is 0.127. The Kier molecular flexibility index (Phi) is 3.79. The van der Waals surface area contributed by atoms with Crippen molar-refractivity contribution < 1.29 is 4.79 Å². The smallest absolute Gasteiger partial charge is 0.256 e. The van der Waals surface area contributed by atoms with Gasteiger partial charge in [-0.15, -0.1) is 11.3 Å². The lowest BCUT2D eigenvalue weighted by atomic mass is 10.3. The third-order valence-electron chi connectivity index (χ3n) is 2.57. The number of rotatable bonds is 3. The molecule has 0 aromatic carbocycles. The lowest BCUT2D eigenvalue weighted by Gasteiger charge is -2.05. The molecule has 1 N–H and O–H groups in total. The van der Waals surface area contributed by atoms with E-state index in [4.69, 9.17) is 0 Å². The second kappa shape index (κ2) is 5.71. The van der Waals surface area contributed by atoms with E-state index in [2.05, 4.69) is 38.0 Å². The first-order valence-electron chi connectivity index (χ1n) is 5.74. The topological polar surface area (TPSA) is 59.8 Å². The van der Waals surface area contributed by atoms with Crippen LogP contribution >= 0.6 is 33.9 Å². The van der Waals surface area contributed by atoms with Crippen LogP contribution in [0.3, 0.4) is 0 Å². The maximum Gasteiger partial charge on any atom is 0.256 e. The number of carbonyl (C=O) groups excluding carboxylic acids is 1. The zero-order valence-electron chi connectivity index (χ0n) is 10.2. The second-order valence-electron chi connectivity index (χ2n) is 3.95. The van der Waals surface area contributed by atoms with Crippen molar-refractivity contribution in [2.24, 2.45) is 0 Å². The first kappa shape index (κ1) is 13.3. The fourth-order valence-electron chi connectivity index (χ4n) is 1.63. The number of nitrogens with zero attached hydrogens (tertiary/aromatic N) is 3. The molecule has 7 heteroatoms. The van der Waals surface area contributed by atoms with Gasteiger partial charge in [0.25, 0.3) is 5.91 Å². The maximum absolute atomic E-state index is 12.0. The Bertz CT molecular complexity index is 721. The molecule has 0 aliphatic carbocycles. The molecule has 5 nitrogen and oxygen atoms in total. The first-order valence-corrected chi connectivity index (χ1v) is 7.70. The Morgan fingerprint density at radius 2 is 2.30 bits per heavy atom. The number of pyridine rings is 1. The Morgan fingerprint density at radius 3 is 2.90 bits per heavy atom. The van der Waals surface area contributed by atoms with Gasteiger partial charge in [0.2, 0.25) is 0 Å². The Balaban J connectivity index is 1.74. The highest BCUT2D eigenvalue weighted by atomic mass is 127. The number of aromatic nitrogens is 3. The first-order chi connectivity index (χ1) is 9.72. The molecule has 0 bridgehead atoms. The monoisotopic (exact) mass is 396 g/mol. The summed E-state index contributed by atoms with van der Waals surface area (Å²) in [6.45, 7) is 0. The molecule has 3 rings (SSSR count). The molecule has 0 aliphatic heterocycles. The molecule has 3 aromatic rings. The van der Waals surface area contributed by atoms with Crippen LogP contribution in [-0.4, -0.2) is 20.7 Å². The molecule has 0 atom stereocenters. The third-order valence-corrected chi connectivity index (χ3v) is 4.36. The molecule has 3 heterocycles. The van der Waals surface area contributed by atoms with Crippen molar-refractivity contribution in [2.75, 3.05) is 5.32 Å². The molecule has 0 saturated carbocycles. The number of anilines is 1. The van der Waals surface area contributed by atoms with Crippen LogP contribution in [0, 0.1) is 2.88 Å². The molecule has 100 valence electrons. The standard InChI is InChI=1S/C13H9IN4OS/c14-11-6-9(8-20-11)13(19)17-10-2-3-12(15-7-10)18-5-1-4-16-18/h1-8H,(H,17,19). The highest BCUT2D eigenvalue weighted by molar-refractivity contribution is 14.1. The van der Waals surface area contributed by atoms with Gasteiger partial charge in [-0.25, -0.2) is 9.67 Å². The molecule has 1 amide bonds. The van der Waals surface area contributed by atoms with Crippen LogP contribution < -0.4 is 5.32 Å². The molecule has 0 spiro atoms. The van der Waals surface area contributed by atoms with Crippen molar-refractivity contribution in [3.05, 3.63) is 56.7 Å². The number of halogens is 1. The van der Waals surface area contributed by atoms with Gasteiger partial charge in [-0.2, -0.15) is 5.10 Å². The normalized spacial score (nSPS) is 10.4. The van der Waals surface area contributed by atoms with Crippen LogP contribution in [0.15, 0.2) is 48.2 Å². The van der Waals surface area contributed by atoms with Gasteiger partial charge in [0.15, 0.2) is 5.82 Å². The summed E-state index contributed by atoms with van der Waals surface area (Å²) < 4.78 is 2.74. The summed E-state index contributed by atoms with van der Waals surface area (Å²) in [6, 6.07) is 7.29. The Labute approximate surface area is 132 Å². The van der Waals surface area contributed by atoms with Crippen LogP contribution in [0.5, 0.6) is 0 Å². The van der Waals surface area contributed by atoms with Crippen molar-refractivity contribution in [2.45, 2.75) is 0 Å². The summed E-state index contributed by atoms with van der Waals surface area (Å²) in [4.78, 5) is 16.2. The van der Waals surface area contributed by atoms with Crippen molar-refractivity contribution in [3.8, 4) is 5.82 Å². The third kappa shape index (κ3) is 2.88. The van der Waals surface area contributed by atoms with E-state index in [9.17, 15) is 4.79 Å². The summed E-state index contributed by atoms with van der Waals surface area (Å²) in [5, 5.41) is 8.75. The predicted molar refractivity (Wildman–Crippen MR) is 86.3 cm³/mol. The molecule has 0 radical (unpaired) electrons. The number of amides is 1. The molecule has 0 fully saturated rings. The van der Waals surface area contributed by atoms with Crippen molar-refractivity contribution in [1.82, 2.24) is 14.8 Å². The van der Waals surface area contributed by atoms with Gasteiger partial charge in [-0.05, 0) is 46.9 Å². The number of carbonyl (C=O) groups is 1. The van der Waals surface area contributed by atoms with Gasteiger partial charge in [-0.3, -0.25) is 4.79 Å². The van der Waals surface area contributed by atoms with E-state index in [1.807, 2.05) is 23.7 Å². The highest BCUT2D eigenvalue weighted by Gasteiger charge is 2.08. The molecule has 0 aliphatic rings. The number of nitrogens with one attached hydrogen (secondary N) is 1. The van der Waals surface area contributed by atoms with E-state index < -0.39 is 0 Å². The average molecular weight is 396 g/mol. The van der Waals surface area contributed by atoms with Crippen molar-refractivity contribution >= 4 is 45.5 Å². The SMILES string of the molecule is O=C(Nc1ccc(-n2cccn2)nc1)c1csc(I)c1. The lowest BCUT2D eigenvalue weighted by Crippen LogP contribution is -2.11. The van der Waals surface area contributed by atoms with E-state index in [0.29, 0.717) is 17.1 Å². The number of thiophene rings is 1. The zero-order valence-corrected chi connectivity index (χ0v) is 13.1. The fourth-order valence-corrected chi connectivity index (χ4v) is 2.96. The van der Waals surface area contributed by atoms with E-state index in [-0.39, 0.29) is 5.91 Å². The van der Waals surface area contributed by atoms with Crippen LogP contribution in [-0.2, 0) is 0 Å². The molecule has 0 unspecified atom stereocenters. The van der Waals surface area contributed by atoms with Gasteiger partial charge < -0.3 is 5.32 Å². The Hall–Kier alpha value is -1.74. The van der Waals surface area contributed by atoms with Crippen LogP contribution in [0.2, 0.25) is 0 Å². The minimum atomic E-state index is -0.127. The molecular formula is C13H9IN4OS. The van der Waals surface area contributed by atoms with Gasteiger partial charge in [0, 0.05) is 17.8 Å². The maximum atomic E-state index is 12.0. The van der Waals surface area contributed by atoms with Gasteiger partial charge >= 0.3 is 0 Å². The zero-order chi connectivity index (χ0) is 13.9. The van der Waals surface area contributed by atoms with Crippen molar-refractivity contribution in [3.63, 3.8) is 0 Å². The molecule has 3 aromatic heterocycles. The summed E-state index contributed by atoms with van der Waals surface area (Å²) in [5.74, 6) is 0.580. The predicted octanol–water partition coefficient (Wildman–Crippen LogP) is 3.19. The van der Waals surface area contributed by atoms with Crippen LogP contribution in [0.4, 0.5) is 5.69 Å². The van der Waals surface area contributed by atoms with Gasteiger partial charge in [0.05, 0.1) is 20.3 Å². The van der Waals surface area contributed by atoms with E-state index in [1.54, 1.807) is 40.5 Å². The lowest BCUT2D eigenvalue weighted by molar-refractivity contribution is 0.102. The highest BCUT2D eigenvalue weighted by Crippen LogP contribution is 2.18. The molecular weight excluding hydrogens is 387 g/mol. The summed E-state index contributed by atoms with van der Waals surface area (Å²) >= 11 is 3.73. The number of hydrogen-bond acceptors (Lipinski definition) is 4. The molecule has 0 saturated heterocycles.